The van der Waals surface area contributed by atoms with Crippen molar-refractivity contribution >= 4 is 172 Å². The van der Waals surface area contributed by atoms with E-state index in [1.54, 1.807) is 0 Å². The SMILES string of the molecule is c1cc2cccc3c4ccc(-c5cc(-c6ccc7c8cccc9cccc(c%10cccc6c%107)c98)c(-c6ccc7c8cccc9cccc(c%10cccc6c%107)c98)cc5-c5ccc6c7cccc8cccc(c9cccc5c96)c87)c5cccc(c(c1)c23)c54. The molecule has 0 saturated carbocycles. The van der Waals surface area contributed by atoms with Gasteiger partial charge in [0, 0.05) is 0 Å². The zero-order valence-corrected chi connectivity index (χ0v) is 46.6. The Labute approximate surface area is 492 Å². The summed E-state index contributed by atoms with van der Waals surface area (Å²) in [6, 6.07) is 108. The van der Waals surface area contributed by atoms with Gasteiger partial charge in [0.1, 0.15) is 0 Å². The zero-order valence-electron chi connectivity index (χ0n) is 46.6. The highest BCUT2D eigenvalue weighted by atomic mass is 14.3. The quantitative estimate of drug-likeness (QED) is 0.122. The Morgan fingerprint density at radius 3 is 0.453 bits per heavy atom. The average molecular weight is 1080 g/mol. The van der Waals surface area contributed by atoms with Crippen molar-refractivity contribution in [1.82, 2.24) is 0 Å². The summed E-state index contributed by atoms with van der Waals surface area (Å²) < 4.78 is 0. The Hall–Kier alpha value is -11.2. The van der Waals surface area contributed by atoms with Crippen molar-refractivity contribution in [3.63, 3.8) is 0 Å². The Kier molecular flexibility index (Phi) is 8.61. The van der Waals surface area contributed by atoms with E-state index in [4.69, 9.17) is 0 Å². The van der Waals surface area contributed by atoms with Crippen molar-refractivity contribution in [2.45, 2.75) is 0 Å². The molecule has 86 heavy (non-hydrogen) atoms. The standard InChI is InChI=1S/C86H46/c1-13-47-17-5-25-63-71-41-37-51(55-29-9-33-67(83(55)71)59(21-1)79(47)63)75-45-77(53-39-43-73-65-27-7-19-49-15-3-23-61(81(49)65)69-35-11-31-57(53)85(69)73)78(54-40-44-74-66-28-8-20-50-16-4-24-62(82(50)66)70-36-12-32-58(54)86(70)74)46-76(75)52-38-42-72-64-26-6-18-48-14-2-22-60(80(48)64)68-34-10-30-56(52)84(68)72/h1-46H. The molecule has 0 fully saturated rings. The lowest BCUT2D eigenvalue weighted by molar-refractivity contribution is 1.60. The lowest BCUT2D eigenvalue weighted by Gasteiger charge is -2.24. The van der Waals surface area contributed by atoms with E-state index in [2.05, 4.69) is 279 Å². The molecule has 21 rings (SSSR count). The van der Waals surface area contributed by atoms with Crippen LogP contribution in [-0.2, 0) is 0 Å². The summed E-state index contributed by atoms with van der Waals surface area (Å²) in [5, 5.41) is 41.4. The first-order valence-electron chi connectivity index (χ1n) is 30.2. The van der Waals surface area contributed by atoms with E-state index in [1.807, 2.05) is 0 Å². The molecule has 0 amide bonds. The third kappa shape index (κ3) is 5.69. The molecule has 390 valence electrons. The number of fused-ring (bicyclic) bond motifs is 8. The molecule has 0 atom stereocenters. The van der Waals surface area contributed by atoms with Gasteiger partial charge in [-0.25, -0.2) is 0 Å². The molecule has 0 heteroatoms. The predicted molar refractivity (Wildman–Crippen MR) is 373 cm³/mol. The summed E-state index contributed by atoms with van der Waals surface area (Å²) in [6.45, 7) is 0. The van der Waals surface area contributed by atoms with Crippen molar-refractivity contribution in [2.75, 3.05) is 0 Å². The zero-order chi connectivity index (χ0) is 55.6. The van der Waals surface area contributed by atoms with Gasteiger partial charge in [-0.05, 0) is 229 Å². The van der Waals surface area contributed by atoms with Crippen LogP contribution in [0.1, 0.15) is 0 Å². The van der Waals surface area contributed by atoms with Gasteiger partial charge in [-0.15, -0.1) is 0 Å². The topological polar surface area (TPSA) is 0 Å². The second kappa shape index (κ2) is 16.3. The van der Waals surface area contributed by atoms with Gasteiger partial charge in [0.25, 0.3) is 0 Å². The van der Waals surface area contributed by atoms with E-state index in [9.17, 15) is 0 Å². The van der Waals surface area contributed by atoms with E-state index in [-0.39, 0.29) is 0 Å². The summed E-state index contributed by atoms with van der Waals surface area (Å²) in [7, 11) is 0. The van der Waals surface area contributed by atoms with Gasteiger partial charge in [0.15, 0.2) is 0 Å². The number of hydrogen-bond acceptors (Lipinski definition) is 0. The molecule has 0 aliphatic heterocycles. The minimum atomic E-state index is 1.21. The Morgan fingerprint density at radius 2 is 0.256 bits per heavy atom. The molecule has 0 bridgehead atoms. The van der Waals surface area contributed by atoms with Crippen LogP contribution in [0.5, 0.6) is 0 Å². The molecular weight excluding hydrogens is 1030 g/mol. The van der Waals surface area contributed by atoms with E-state index in [0.29, 0.717) is 0 Å². The van der Waals surface area contributed by atoms with Crippen LogP contribution < -0.4 is 0 Å². The van der Waals surface area contributed by atoms with Gasteiger partial charge < -0.3 is 0 Å². The molecular formula is C86H46. The van der Waals surface area contributed by atoms with E-state index in [0.717, 1.165) is 0 Å². The molecule has 0 spiro atoms. The van der Waals surface area contributed by atoms with Gasteiger partial charge >= 0.3 is 0 Å². The molecule has 0 nitrogen and oxygen atoms in total. The molecule has 21 aromatic rings. The largest absolute Gasteiger partial charge is 0.0610 e. The molecule has 0 aromatic heterocycles. The van der Waals surface area contributed by atoms with Crippen LogP contribution in [0.2, 0.25) is 0 Å². The van der Waals surface area contributed by atoms with Crippen LogP contribution >= 0.6 is 0 Å². The monoisotopic (exact) mass is 1080 g/mol. The van der Waals surface area contributed by atoms with Crippen molar-refractivity contribution in [1.29, 1.82) is 0 Å². The minimum Gasteiger partial charge on any atom is -0.0610 e. The van der Waals surface area contributed by atoms with E-state index in [1.165, 1.54) is 217 Å². The Bertz CT molecular complexity index is 5560. The highest BCUT2D eigenvalue weighted by Gasteiger charge is 2.26. The fourth-order valence-corrected chi connectivity index (χ4v) is 17.0. The maximum atomic E-state index is 2.62. The molecule has 0 aliphatic carbocycles. The molecule has 0 heterocycles. The number of benzene rings is 21. The second-order valence-electron chi connectivity index (χ2n) is 24.3. The van der Waals surface area contributed by atoms with E-state index >= 15 is 0 Å². The van der Waals surface area contributed by atoms with Crippen LogP contribution in [0.15, 0.2) is 279 Å². The first kappa shape index (κ1) is 45.3. The summed E-state index contributed by atoms with van der Waals surface area (Å²) in [5.74, 6) is 0. The van der Waals surface area contributed by atoms with Crippen molar-refractivity contribution in [3.05, 3.63) is 279 Å². The van der Waals surface area contributed by atoms with Crippen LogP contribution in [0, 0.1) is 0 Å². The van der Waals surface area contributed by atoms with Crippen molar-refractivity contribution in [3.8, 4) is 44.5 Å². The maximum absolute atomic E-state index is 2.62. The smallest absolute Gasteiger partial charge is 0.00201 e. The number of rotatable bonds is 4. The predicted octanol–water partition coefficient (Wildman–Crippen LogP) is 24.6. The summed E-state index contributed by atoms with van der Waals surface area (Å²) >= 11 is 0. The highest BCUT2D eigenvalue weighted by molar-refractivity contribution is 6.39. The highest BCUT2D eigenvalue weighted by Crippen LogP contribution is 2.54. The third-order valence-electron chi connectivity index (χ3n) is 20.4. The molecule has 0 aliphatic rings. The molecule has 21 aromatic carbocycles. The molecule has 0 saturated heterocycles. The summed E-state index contributed by atoms with van der Waals surface area (Å²) in [6.07, 6.45) is 0. The lowest BCUT2D eigenvalue weighted by Crippen LogP contribution is -1.97. The fraction of sp³-hybridized carbons (Fsp3) is 0. The minimum absolute atomic E-state index is 1.21. The Morgan fingerprint density at radius 1 is 0.105 bits per heavy atom. The van der Waals surface area contributed by atoms with Gasteiger partial charge in [-0.3, -0.25) is 0 Å². The molecule has 0 radical (unpaired) electrons. The van der Waals surface area contributed by atoms with Crippen LogP contribution in [-0.4, -0.2) is 0 Å². The van der Waals surface area contributed by atoms with Crippen molar-refractivity contribution < 1.29 is 0 Å². The van der Waals surface area contributed by atoms with Crippen LogP contribution in [0.25, 0.3) is 217 Å². The van der Waals surface area contributed by atoms with Gasteiger partial charge in [0.05, 0.1) is 0 Å². The lowest BCUT2D eigenvalue weighted by atomic mass is 9.79. The second-order valence-corrected chi connectivity index (χ2v) is 24.3. The van der Waals surface area contributed by atoms with Crippen LogP contribution in [0.4, 0.5) is 0 Å². The Balaban J connectivity index is 0.956. The summed E-state index contributed by atoms with van der Waals surface area (Å²) in [5.41, 5.74) is 9.73. The maximum Gasteiger partial charge on any atom is -0.00201 e. The van der Waals surface area contributed by atoms with Gasteiger partial charge in [0.2, 0.25) is 0 Å². The van der Waals surface area contributed by atoms with E-state index < -0.39 is 0 Å². The normalized spacial score (nSPS) is 12.7. The van der Waals surface area contributed by atoms with Crippen molar-refractivity contribution in [2.24, 2.45) is 0 Å². The van der Waals surface area contributed by atoms with Gasteiger partial charge in [-0.1, -0.05) is 267 Å². The summed E-state index contributed by atoms with van der Waals surface area (Å²) in [4.78, 5) is 0. The average Bonchev–Trinajstić information content (AvgIpc) is 0.979. The first-order valence-corrected chi connectivity index (χ1v) is 30.2. The fourth-order valence-electron chi connectivity index (χ4n) is 17.0. The molecule has 0 N–H and O–H groups in total. The number of hydrogen-bond donors (Lipinski definition) is 0. The first-order chi connectivity index (χ1) is 42.7. The van der Waals surface area contributed by atoms with Crippen LogP contribution in [0.3, 0.4) is 0 Å². The third-order valence-corrected chi connectivity index (χ3v) is 20.4. The molecule has 0 unspecified atom stereocenters. The van der Waals surface area contributed by atoms with Gasteiger partial charge in [-0.2, -0.15) is 0 Å².